The number of carbonyl (C=O) groups excluding carboxylic acids is 1. The van der Waals surface area contributed by atoms with E-state index in [-0.39, 0.29) is 29.4 Å². The lowest BCUT2D eigenvalue weighted by Gasteiger charge is -2.21. The van der Waals surface area contributed by atoms with Gasteiger partial charge in [-0.05, 0) is 18.2 Å². The first kappa shape index (κ1) is 19.6. The molecule has 1 aromatic carbocycles. The van der Waals surface area contributed by atoms with Gasteiger partial charge in [0, 0.05) is 11.8 Å². The number of aliphatic hydroxyl groups is 1. The van der Waals surface area contributed by atoms with Gasteiger partial charge in [-0.1, -0.05) is 5.21 Å². The molecule has 0 bridgehead atoms. The van der Waals surface area contributed by atoms with Crippen molar-refractivity contribution in [2.24, 2.45) is 4.99 Å². The van der Waals surface area contributed by atoms with E-state index in [1.54, 1.807) is 6.20 Å². The van der Waals surface area contributed by atoms with Crippen LogP contribution in [0.15, 0.2) is 35.6 Å². The summed E-state index contributed by atoms with van der Waals surface area (Å²) in [6, 6.07) is 3.62. The third-order valence-corrected chi connectivity index (χ3v) is 5.51. The van der Waals surface area contributed by atoms with Crippen molar-refractivity contribution in [3.8, 4) is 0 Å². The van der Waals surface area contributed by atoms with Crippen molar-refractivity contribution in [3.63, 3.8) is 0 Å². The highest BCUT2D eigenvalue weighted by Gasteiger charge is 2.57. The first-order chi connectivity index (χ1) is 13.7. The first-order valence-corrected chi connectivity index (χ1v) is 9.29. The molecule has 0 spiro atoms. The molecule has 2 atom stereocenters. The molecule has 13 heteroatoms. The number of ether oxygens (including phenoxy) is 1. The summed E-state index contributed by atoms with van der Waals surface area (Å²) < 4.78 is 59.9. The fraction of sp³-hybridized carbons (Fsp3) is 0.375. The van der Waals surface area contributed by atoms with Crippen LogP contribution in [-0.4, -0.2) is 61.5 Å². The van der Waals surface area contributed by atoms with Crippen LogP contribution in [0.5, 0.6) is 0 Å². The number of rotatable bonds is 4. The van der Waals surface area contributed by atoms with Gasteiger partial charge in [0.2, 0.25) is 0 Å². The van der Waals surface area contributed by atoms with Crippen LogP contribution in [0.3, 0.4) is 0 Å². The van der Waals surface area contributed by atoms with Crippen LogP contribution in [0.2, 0.25) is 0 Å². The summed E-state index contributed by atoms with van der Waals surface area (Å²) >= 11 is 0.604. The summed E-state index contributed by atoms with van der Waals surface area (Å²) in [6.45, 7) is 0.410. The minimum Gasteiger partial charge on any atom is -0.442 e. The highest BCUT2D eigenvalue weighted by atomic mass is 32.2. The molecule has 0 saturated carbocycles. The van der Waals surface area contributed by atoms with E-state index in [1.165, 1.54) is 27.9 Å². The summed E-state index contributed by atoms with van der Waals surface area (Å²) in [4.78, 5) is 16.6. The smallest absolute Gasteiger partial charge is 0.439 e. The molecule has 1 N–H and O–H groups in total. The lowest BCUT2D eigenvalue weighted by atomic mass is 10.2. The third kappa shape index (κ3) is 3.67. The number of carbonyl (C=O) groups is 1. The number of amides is 1. The molecule has 3 heterocycles. The SMILES string of the molecule is O=C1O[C@@H](Cn2ccnn2)CN1c1ccc(C2=NC(O)(C(F)(F)F)CS2)c(F)c1. The predicted molar refractivity (Wildman–Crippen MR) is 94.0 cm³/mol. The second-order valence-corrected chi connectivity index (χ2v) is 7.39. The number of halogens is 4. The summed E-state index contributed by atoms with van der Waals surface area (Å²) in [7, 11) is 0. The standard InChI is InChI=1S/C16H13F4N5O3S/c17-12-5-9(25-7-10(28-14(25)26)6-24-4-3-21-23-24)1-2-11(12)13-22-15(27,8-29-13)16(18,19)20/h1-5,10,27H,6-8H2/t10-,15?/m0/s1. The maximum Gasteiger partial charge on any atom is 0.439 e. The minimum absolute atomic E-state index is 0.140. The fourth-order valence-electron chi connectivity index (χ4n) is 2.90. The lowest BCUT2D eigenvalue weighted by Crippen LogP contribution is -2.43. The Kier molecular flexibility index (Phi) is 4.73. The molecular weight excluding hydrogens is 418 g/mol. The molecule has 8 nitrogen and oxygen atoms in total. The highest BCUT2D eigenvalue weighted by molar-refractivity contribution is 8.14. The first-order valence-electron chi connectivity index (χ1n) is 8.30. The van der Waals surface area contributed by atoms with Crippen molar-refractivity contribution < 1.29 is 32.2 Å². The maximum atomic E-state index is 14.6. The van der Waals surface area contributed by atoms with Crippen molar-refractivity contribution in [1.82, 2.24) is 15.0 Å². The Morgan fingerprint density at radius 1 is 1.38 bits per heavy atom. The molecule has 1 fully saturated rings. The van der Waals surface area contributed by atoms with Gasteiger partial charge >= 0.3 is 12.3 Å². The van der Waals surface area contributed by atoms with Crippen molar-refractivity contribution in [1.29, 1.82) is 0 Å². The number of hydrogen-bond acceptors (Lipinski definition) is 7. The number of alkyl halides is 3. The van der Waals surface area contributed by atoms with E-state index in [0.717, 1.165) is 6.07 Å². The van der Waals surface area contributed by atoms with E-state index in [2.05, 4.69) is 15.3 Å². The number of thioether (sulfide) groups is 1. The number of nitrogens with zero attached hydrogens (tertiary/aromatic N) is 5. The molecule has 0 aliphatic carbocycles. The molecule has 1 saturated heterocycles. The van der Waals surface area contributed by atoms with Gasteiger partial charge in [-0.25, -0.2) is 18.9 Å². The Morgan fingerprint density at radius 2 is 2.17 bits per heavy atom. The molecule has 154 valence electrons. The van der Waals surface area contributed by atoms with Crippen LogP contribution in [0.25, 0.3) is 0 Å². The lowest BCUT2D eigenvalue weighted by molar-refractivity contribution is -0.245. The van der Waals surface area contributed by atoms with Crippen LogP contribution >= 0.6 is 11.8 Å². The van der Waals surface area contributed by atoms with Crippen LogP contribution < -0.4 is 4.90 Å². The van der Waals surface area contributed by atoms with Crippen LogP contribution in [0.4, 0.5) is 28.0 Å². The van der Waals surface area contributed by atoms with Gasteiger partial charge in [-0.3, -0.25) is 4.90 Å². The van der Waals surface area contributed by atoms with Crippen molar-refractivity contribution >= 4 is 28.6 Å². The average molecular weight is 431 g/mol. The summed E-state index contributed by atoms with van der Waals surface area (Å²) in [5.41, 5.74) is -3.25. The maximum absolute atomic E-state index is 14.6. The largest absolute Gasteiger partial charge is 0.442 e. The number of cyclic esters (lactones) is 1. The van der Waals surface area contributed by atoms with Gasteiger partial charge in [0.15, 0.2) is 0 Å². The van der Waals surface area contributed by atoms with E-state index in [4.69, 9.17) is 4.74 Å². The van der Waals surface area contributed by atoms with Crippen LogP contribution in [0, 0.1) is 5.82 Å². The Labute approximate surface area is 165 Å². The zero-order valence-corrected chi connectivity index (χ0v) is 15.3. The van der Waals surface area contributed by atoms with Crippen molar-refractivity contribution in [3.05, 3.63) is 42.0 Å². The fourth-order valence-corrected chi connectivity index (χ4v) is 4.00. The van der Waals surface area contributed by atoms with Gasteiger partial charge < -0.3 is 9.84 Å². The summed E-state index contributed by atoms with van der Waals surface area (Å²) in [5, 5.41) is 16.8. The molecule has 1 aromatic heterocycles. The van der Waals surface area contributed by atoms with Crippen molar-refractivity contribution in [2.75, 3.05) is 17.2 Å². The van der Waals surface area contributed by atoms with E-state index in [0.29, 0.717) is 11.8 Å². The minimum atomic E-state index is -4.96. The molecule has 1 unspecified atom stereocenters. The molecule has 0 radical (unpaired) electrons. The molecule has 29 heavy (non-hydrogen) atoms. The van der Waals surface area contributed by atoms with Crippen molar-refractivity contribution in [2.45, 2.75) is 24.6 Å². The second-order valence-electron chi connectivity index (χ2n) is 6.43. The van der Waals surface area contributed by atoms with Gasteiger partial charge in [0.05, 0.1) is 30.7 Å². The Bertz CT molecular complexity index is 968. The third-order valence-electron chi connectivity index (χ3n) is 4.38. The topological polar surface area (TPSA) is 92.8 Å². The van der Waals surface area contributed by atoms with Gasteiger partial charge in [0.1, 0.15) is 17.0 Å². The molecule has 2 aromatic rings. The van der Waals surface area contributed by atoms with E-state index in [1.807, 2.05) is 0 Å². The highest BCUT2D eigenvalue weighted by Crippen LogP contribution is 2.41. The quantitative estimate of drug-likeness (QED) is 0.747. The van der Waals surface area contributed by atoms with E-state index >= 15 is 0 Å². The molecule has 2 aliphatic rings. The molecule has 1 amide bonds. The molecule has 4 rings (SSSR count). The van der Waals surface area contributed by atoms with Crippen LogP contribution in [0.1, 0.15) is 5.56 Å². The average Bonchev–Trinajstić information content (AvgIpc) is 3.36. The van der Waals surface area contributed by atoms with E-state index < -0.39 is 35.7 Å². The number of aliphatic imine (C=N–C) groups is 1. The zero-order chi connectivity index (χ0) is 20.8. The van der Waals surface area contributed by atoms with Gasteiger partial charge in [-0.2, -0.15) is 13.2 Å². The summed E-state index contributed by atoms with van der Waals surface area (Å²) in [6.07, 6.45) is -3.08. The number of anilines is 1. The zero-order valence-electron chi connectivity index (χ0n) is 14.5. The second kappa shape index (κ2) is 6.99. The molecule has 2 aliphatic heterocycles. The Morgan fingerprint density at radius 3 is 2.79 bits per heavy atom. The van der Waals surface area contributed by atoms with E-state index in [9.17, 15) is 27.5 Å². The summed E-state index contributed by atoms with van der Waals surface area (Å²) in [5.74, 6) is -1.62. The predicted octanol–water partition coefficient (Wildman–Crippen LogP) is 2.19. The number of hydrogen-bond donors (Lipinski definition) is 1. The normalized spacial score (nSPS) is 24.7. The monoisotopic (exact) mass is 431 g/mol. The molecular formula is C16H13F4N5O3S. The van der Waals surface area contributed by atoms with Crippen LogP contribution in [-0.2, 0) is 11.3 Å². The Hall–Kier alpha value is -2.67. The van der Waals surface area contributed by atoms with Gasteiger partial charge in [0.25, 0.3) is 5.72 Å². The number of benzene rings is 1. The van der Waals surface area contributed by atoms with Gasteiger partial charge in [-0.15, -0.1) is 16.9 Å². The number of aromatic nitrogens is 3. The Balaban J connectivity index is 1.52.